The molecule has 0 aliphatic carbocycles. The first kappa shape index (κ1) is 22.2. The zero-order valence-electron chi connectivity index (χ0n) is 16.2. The molecule has 0 spiro atoms. The predicted molar refractivity (Wildman–Crippen MR) is 106 cm³/mol. The van der Waals surface area contributed by atoms with Gasteiger partial charge in [-0.25, -0.2) is 0 Å². The van der Waals surface area contributed by atoms with E-state index in [1.807, 2.05) is 4.90 Å². The fourth-order valence-corrected chi connectivity index (χ4v) is 3.85. The van der Waals surface area contributed by atoms with Gasteiger partial charge in [0.1, 0.15) is 6.26 Å². The first-order valence-electron chi connectivity index (χ1n) is 9.57. The maximum absolute atomic E-state index is 13.1. The van der Waals surface area contributed by atoms with Gasteiger partial charge in [-0.3, -0.25) is 14.4 Å². The topological polar surface area (TPSA) is 100 Å². The van der Waals surface area contributed by atoms with Gasteiger partial charge in [0.15, 0.2) is 0 Å². The molecule has 8 nitrogen and oxygen atoms in total. The molecule has 0 aromatic carbocycles. The Hall–Kier alpha value is -2.06. The Bertz CT molecular complexity index is 681. The van der Waals surface area contributed by atoms with Crippen molar-refractivity contribution < 1.29 is 18.8 Å². The maximum atomic E-state index is 13.1. The van der Waals surface area contributed by atoms with Gasteiger partial charge >= 0.3 is 0 Å². The third-order valence-electron chi connectivity index (χ3n) is 5.44. The van der Waals surface area contributed by atoms with Crippen LogP contribution in [0.4, 0.5) is 0 Å². The van der Waals surface area contributed by atoms with Gasteiger partial charge in [0.05, 0.1) is 17.7 Å². The smallest absolute Gasteiger partial charge is 0.257 e. The summed E-state index contributed by atoms with van der Waals surface area (Å²) in [6, 6.07) is 1.57. The molecule has 0 saturated carbocycles. The Morgan fingerprint density at radius 2 is 1.75 bits per heavy atom. The van der Waals surface area contributed by atoms with E-state index in [1.165, 1.54) is 19.5 Å². The summed E-state index contributed by atoms with van der Waals surface area (Å²) in [5.74, 6) is -0.273. The van der Waals surface area contributed by atoms with Crippen LogP contribution in [0.1, 0.15) is 36.5 Å². The number of nitrogens with zero attached hydrogens (tertiary/aromatic N) is 3. The molecular formula is C19H29ClN4O4. The first-order chi connectivity index (χ1) is 13.0. The van der Waals surface area contributed by atoms with E-state index >= 15 is 0 Å². The number of likely N-dealkylation sites (tertiary alicyclic amines) is 1. The molecule has 1 aromatic heterocycles. The summed E-state index contributed by atoms with van der Waals surface area (Å²) in [4.78, 5) is 42.7. The molecule has 2 aliphatic rings. The van der Waals surface area contributed by atoms with Crippen LogP contribution in [0.2, 0.25) is 0 Å². The summed E-state index contributed by atoms with van der Waals surface area (Å²) < 4.78 is 4.99. The van der Waals surface area contributed by atoms with Gasteiger partial charge in [-0.2, -0.15) is 0 Å². The molecule has 3 amide bonds. The van der Waals surface area contributed by atoms with Crippen molar-refractivity contribution in [3.05, 3.63) is 24.2 Å². The van der Waals surface area contributed by atoms with E-state index in [1.54, 1.807) is 15.9 Å². The zero-order chi connectivity index (χ0) is 19.4. The molecule has 2 N–H and O–H groups in total. The van der Waals surface area contributed by atoms with Crippen LogP contribution in [-0.4, -0.2) is 77.7 Å². The number of hydrogen-bond donors (Lipinski definition) is 1. The van der Waals surface area contributed by atoms with Crippen LogP contribution in [0, 0.1) is 5.92 Å². The molecule has 2 aliphatic heterocycles. The highest BCUT2D eigenvalue weighted by Crippen LogP contribution is 2.20. The summed E-state index contributed by atoms with van der Waals surface area (Å²) in [6.45, 7) is 4.69. The van der Waals surface area contributed by atoms with Crippen molar-refractivity contribution in [3.8, 4) is 0 Å². The van der Waals surface area contributed by atoms with Gasteiger partial charge in [-0.05, 0) is 25.3 Å². The van der Waals surface area contributed by atoms with E-state index in [4.69, 9.17) is 10.2 Å². The molecule has 1 aromatic rings. The fraction of sp³-hybridized carbons (Fsp3) is 0.632. The van der Waals surface area contributed by atoms with Crippen LogP contribution in [-0.2, 0) is 9.59 Å². The number of carbonyl (C=O) groups excluding carboxylic acids is 3. The number of halogens is 1. The normalized spacial score (nSPS) is 23.4. The van der Waals surface area contributed by atoms with Gasteiger partial charge in [-0.15, -0.1) is 12.4 Å². The van der Waals surface area contributed by atoms with Gasteiger partial charge in [-0.1, -0.05) is 0 Å². The Morgan fingerprint density at radius 3 is 2.43 bits per heavy atom. The van der Waals surface area contributed by atoms with Crippen LogP contribution >= 0.6 is 12.4 Å². The monoisotopic (exact) mass is 412 g/mol. The lowest BCUT2D eigenvalue weighted by molar-refractivity contribution is -0.137. The average Bonchev–Trinajstić information content (AvgIpc) is 2.96. The van der Waals surface area contributed by atoms with E-state index in [0.29, 0.717) is 51.3 Å². The summed E-state index contributed by atoms with van der Waals surface area (Å²) in [7, 11) is 0. The standard InChI is InChI=1S/C19H28N4O4.ClH/c1-14(24)23-11-15(3-4-17(20)12-23)18(25)21-6-2-7-22(9-8-21)19(26)16-5-10-27-13-16;/h5,10,13,15,17H,2-4,6-9,11-12,20H2,1H3;1H/t15-,17+;/m1./s1. The van der Waals surface area contributed by atoms with Crippen molar-refractivity contribution in [3.63, 3.8) is 0 Å². The van der Waals surface area contributed by atoms with Crippen molar-refractivity contribution in [2.45, 2.75) is 32.2 Å². The fourth-order valence-electron chi connectivity index (χ4n) is 3.85. The number of rotatable bonds is 2. The largest absolute Gasteiger partial charge is 0.472 e. The second-order valence-corrected chi connectivity index (χ2v) is 7.44. The number of amides is 3. The molecule has 2 atom stereocenters. The zero-order valence-corrected chi connectivity index (χ0v) is 17.0. The quantitative estimate of drug-likeness (QED) is 0.779. The van der Waals surface area contributed by atoms with E-state index in [9.17, 15) is 14.4 Å². The van der Waals surface area contributed by atoms with Gasteiger partial charge in [0, 0.05) is 52.2 Å². The molecule has 3 rings (SSSR count). The van der Waals surface area contributed by atoms with Crippen LogP contribution in [0.3, 0.4) is 0 Å². The van der Waals surface area contributed by atoms with Crippen molar-refractivity contribution in [1.82, 2.24) is 14.7 Å². The SMILES string of the molecule is CC(=O)N1C[C@@H](N)CC[C@@H](C(=O)N2CCCN(C(=O)c3ccoc3)CC2)C1.Cl. The molecule has 0 bridgehead atoms. The van der Waals surface area contributed by atoms with E-state index in [0.717, 1.165) is 12.8 Å². The van der Waals surface area contributed by atoms with Crippen molar-refractivity contribution >= 4 is 30.1 Å². The van der Waals surface area contributed by atoms with E-state index < -0.39 is 0 Å². The second kappa shape index (κ2) is 9.93. The lowest BCUT2D eigenvalue weighted by atomic mass is 10.0. The van der Waals surface area contributed by atoms with Crippen molar-refractivity contribution in [2.24, 2.45) is 11.7 Å². The summed E-state index contributed by atoms with van der Waals surface area (Å²) in [6.07, 6.45) is 5.09. The third kappa shape index (κ3) is 5.26. The van der Waals surface area contributed by atoms with Crippen molar-refractivity contribution in [2.75, 3.05) is 39.3 Å². The van der Waals surface area contributed by atoms with Crippen LogP contribution in [0.25, 0.3) is 0 Å². The maximum Gasteiger partial charge on any atom is 0.257 e. The highest BCUT2D eigenvalue weighted by atomic mass is 35.5. The highest BCUT2D eigenvalue weighted by molar-refractivity contribution is 5.93. The molecule has 0 unspecified atom stereocenters. The molecular weight excluding hydrogens is 384 g/mol. The first-order valence-corrected chi connectivity index (χ1v) is 9.57. The minimum atomic E-state index is -0.224. The summed E-state index contributed by atoms with van der Waals surface area (Å²) in [5, 5.41) is 0. The van der Waals surface area contributed by atoms with Gasteiger partial charge < -0.3 is 24.9 Å². The summed E-state index contributed by atoms with van der Waals surface area (Å²) >= 11 is 0. The van der Waals surface area contributed by atoms with Crippen LogP contribution in [0.5, 0.6) is 0 Å². The summed E-state index contributed by atoms with van der Waals surface area (Å²) in [5.41, 5.74) is 6.59. The molecule has 156 valence electrons. The lowest BCUT2D eigenvalue weighted by Crippen LogP contribution is -2.44. The number of carbonyl (C=O) groups is 3. The predicted octanol–water partition coefficient (Wildman–Crippen LogP) is 0.962. The lowest BCUT2D eigenvalue weighted by Gasteiger charge is -2.28. The van der Waals surface area contributed by atoms with Crippen LogP contribution < -0.4 is 5.73 Å². The molecule has 28 heavy (non-hydrogen) atoms. The highest BCUT2D eigenvalue weighted by Gasteiger charge is 2.32. The Kier molecular flexibility index (Phi) is 7.88. The molecule has 3 heterocycles. The van der Waals surface area contributed by atoms with Crippen LogP contribution in [0.15, 0.2) is 23.0 Å². The average molecular weight is 413 g/mol. The Morgan fingerprint density at radius 1 is 1.04 bits per heavy atom. The van der Waals surface area contributed by atoms with Crippen molar-refractivity contribution in [1.29, 1.82) is 0 Å². The molecule has 0 radical (unpaired) electrons. The van der Waals surface area contributed by atoms with E-state index in [-0.39, 0.29) is 42.1 Å². The third-order valence-corrected chi connectivity index (χ3v) is 5.44. The minimum Gasteiger partial charge on any atom is -0.472 e. The van der Waals surface area contributed by atoms with Gasteiger partial charge in [0.25, 0.3) is 5.91 Å². The minimum absolute atomic E-state index is 0. The van der Waals surface area contributed by atoms with E-state index in [2.05, 4.69) is 0 Å². The molecule has 2 fully saturated rings. The molecule has 2 saturated heterocycles. The second-order valence-electron chi connectivity index (χ2n) is 7.44. The Labute approximate surface area is 171 Å². The number of hydrogen-bond acceptors (Lipinski definition) is 5. The molecule has 9 heteroatoms. The Balaban J connectivity index is 0.00000280. The number of furan rings is 1. The van der Waals surface area contributed by atoms with Gasteiger partial charge in [0.2, 0.25) is 11.8 Å². The number of nitrogens with two attached hydrogens (primary N) is 1.